The highest BCUT2D eigenvalue weighted by molar-refractivity contribution is 7.16. The van der Waals surface area contributed by atoms with Crippen LogP contribution in [0.4, 0.5) is 5.00 Å². The summed E-state index contributed by atoms with van der Waals surface area (Å²) in [4.78, 5) is 37.1. The molecule has 0 fully saturated rings. The van der Waals surface area contributed by atoms with Crippen LogP contribution in [0.1, 0.15) is 46.4 Å². The molecule has 2 aromatic heterocycles. The van der Waals surface area contributed by atoms with Gasteiger partial charge in [0, 0.05) is 49.1 Å². The van der Waals surface area contributed by atoms with Crippen LogP contribution in [0, 0.1) is 0 Å². The zero-order chi connectivity index (χ0) is 24.8. The summed E-state index contributed by atoms with van der Waals surface area (Å²) in [5.41, 5.74) is 4.14. The first kappa shape index (κ1) is 24.6. The highest BCUT2D eigenvalue weighted by Crippen LogP contribution is 2.37. The number of methoxy groups -OCH3 is 1. The van der Waals surface area contributed by atoms with Crippen molar-refractivity contribution in [3.8, 4) is 5.75 Å². The third-order valence-corrected chi connectivity index (χ3v) is 7.37. The summed E-state index contributed by atoms with van der Waals surface area (Å²) >= 11 is 1.54. The lowest BCUT2D eigenvalue weighted by atomic mass is 9.97. The SMILES string of the molecule is CN=Cc1c(NC(=O)CC(C)c2cccc(OC)c2)sc2c1CCN(C(=O)Cc1ccncc1)C2. The Labute approximate surface area is 209 Å². The van der Waals surface area contributed by atoms with Crippen LogP contribution in [0.25, 0.3) is 0 Å². The molecule has 1 aliphatic rings. The van der Waals surface area contributed by atoms with Gasteiger partial charge in [-0.15, -0.1) is 11.3 Å². The van der Waals surface area contributed by atoms with Gasteiger partial charge in [-0.1, -0.05) is 19.1 Å². The molecule has 7 nitrogen and oxygen atoms in total. The number of aromatic nitrogens is 1. The smallest absolute Gasteiger partial charge is 0.227 e. The summed E-state index contributed by atoms with van der Waals surface area (Å²) in [6, 6.07) is 11.6. The number of nitrogens with zero attached hydrogens (tertiary/aromatic N) is 3. The largest absolute Gasteiger partial charge is 0.497 e. The fourth-order valence-electron chi connectivity index (χ4n) is 4.31. The van der Waals surface area contributed by atoms with Crippen LogP contribution in [0.2, 0.25) is 0 Å². The molecule has 1 unspecified atom stereocenters. The molecule has 0 bridgehead atoms. The highest BCUT2D eigenvalue weighted by atomic mass is 32.1. The zero-order valence-corrected chi connectivity index (χ0v) is 21.1. The maximum atomic E-state index is 12.9. The first-order chi connectivity index (χ1) is 17.0. The minimum absolute atomic E-state index is 0.0456. The lowest BCUT2D eigenvalue weighted by Gasteiger charge is -2.27. The second kappa shape index (κ2) is 11.3. The number of nitrogens with one attached hydrogen (secondary N) is 1. The predicted octanol–water partition coefficient (Wildman–Crippen LogP) is 4.46. The van der Waals surface area contributed by atoms with Gasteiger partial charge in [0.15, 0.2) is 0 Å². The third-order valence-electron chi connectivity index (χ3n) is 6.22. The van der Waals surface area contributed by atoms with Crippen molar-refractivity contribution in [2.45, 2.75) is 38.6 Å². The minimum atomic E-state index is -0.0460. The Bertz CT molecular complexity index is 1220. The molecule has 0 saturated heterocycles. The minimum Gasteiger partial charge on any atom is -0.497 e. The first-order valence-electron chi connectivity index (χ1n) is 11.7. The molecular formula is C27H30N4O3S. The van der Waals surface area contributed by atoms with E-state index in [9.17, 15) is 9.59 Å². The van der Waals surface area contributed by atoms with Crippen LogP contribution in [0.15, 0.2) is 53.8 Å². The van der Waals surface area contributed by atoms with E-state index < -0.39 is 0 Å². The van der Waals surface area contributed by atoms with Gasteiger partial charge in [0.05, 0.1) is 20.1 Å². The average molecular weight is 491 g/mol. The lowest BCUT2D eigenvalue weighted by Crippen LogP contribution is -2.36. The summed E-state index contributed by atoms with van der Waals surface area (Å²) in [6.07, 6.45) is 6.68. The van der Waals surface area contributed by atoms with Crippen molar-refractivity contribution in [3.05, 3.63) is 75.9 Å². The molecule has 0 radical (unpaired) electrons. The van der Waals surface area contributed by atoms with Gasteiger partial charge in [-0.05, 0) is 53.3 Å². The Hall–Kier alpha value is -3.52. The maximum Gasteiger partial charge on any atom is 0.227 e. The van der Waals surface area contributed by atoms with Crippen molar-refractivity contribution in [2.75, 3.05) is 26.0 Å². The summed E-state index contributed by atoms with van der Waals surface area (Å²) in [5.74, 6) is 0.878. The Balaban J connectivity index is 1.45. The molecule has 0 spiro atoms. The molecule has 4 rings (SSSR count). The summed E-state index contributed by atoms with van der Waals surface area (Å²) < 4.78 is 5.31. The van der Waals surface area contributed by atoms with Crippen molar-refractivity contribution >= 4 is 34.4 Å². The number of fused-ring (bicyclic) bond motifs is 1. The highest BCUT2D eigenvalue weighted by Gasteiger charge is 2.27. The molecule has 35 heavy (non-hydrogen) atoms. The Morgan fingerprint density at radius 2 is 2.09 bits per heavy atom. The molecule has 3 heterocycles. The van der Waals surface area contributed by atoms with Crippen LogP contribution in [-0.2, 0) is 29.0 Å². The Morgan fingerprint density at radius 1 is 1.29 bits per heavy atom. The monoisotopic (exact) mass is 490 g/mol. The van der Waals surface area contributed by atoms with E-state index in [1.807, 2.05) is 54.4 Å². The maximum absolute atomic E-state index is 12.9. The van der Waals surface area contributed by atoms with E-state index in [-0.39, 0.29) is 17.7 Å². The number of hydrogen-bond donors (Lipinski definition) is 1. The second-order valence-electron chi connectivity index (χ2n) is 8.66. The fourth-order valence-corrected chi connectivity index (χ4v) is 5.56. The van der Waals surface area contributed by atoms with Gasteiger partial charge >= 0.3 is 0 Å². The molecule has 0 saturated carbocycles. The van der Waals surface area contributed by atoms with Crippen LogP contribution in [-0.4, -0.2) is 48.6 Å². The number of ether oxygens (including phenoxy) is 1. The number of hydrogen-bond acceptors (Lipinski definition) is 6. The molecule has 3 aromatic rings. The van der Waals surface area contributed by atoms with Gasteiger partial charge in [0.2, 0.25) is 11.8 Å². The van der Waals surface area contributed by atoms with E-state index in [0.717, 1.165) is 38.7 Å². The van der Waals surface area contributed by atoms with E-state index in [2.05, 4.69) is 15.3 Å². The molecule has 1 atom stereocenters. The zero-order valence-electron chi connectivity index (χ0n) is 20.3. The van der Waals surface area contributed by atoms with Gasteiger partial charge in [-0.2, -0.15) is 0 Å². The lowest BCUT2D eigenvalue weighted by molar-refractivity contribution is -0.131. The average Bonchev–Trinajstić information content (AvgIpc) is 3.20. The number of carbonyl (C=O) groups is 2. The first-order valence-corrected chi connectivity index (χ1v) is 12.5. The van der Waals surface area contributed by atoms with Crippen LogP contribution < -0.4 is 10.1 Å². The van der Waals surface area contributed by atoms with Crippen molar-refractivity contribution in [1.82, 2.24) is 9.88 Å². The van der Waals surface area contributed by atoms with E-state index in [0.29, 0.717) is 25.9 Å². The molecule has 0 aliphatic carbocycles. The topological polar surface area (TPSA) is 83.9 Å². The normalized spacial score (nSPS) is 14.0. The number of anilines is 1. The molecule has 2 amide bonds. The molecule has 1 N–H and O–H groups in total. The number of pyridine rings is 1. The third kappa shape index (κ3) is 5.95. The van der Waals surface area contributed by atoms with Crippen LogP contribution in [0.5, 0.6) is 5.75 Å². The number of aliphatic imine (C=N–C) groups is 1. The molecule has 1 aliphatic heterocycles. The van der Waals surface area contributed by atoms with E-state index in [4.69, 9.17) is 4.74 Å². The van der Waals surface area contributed by atoms with Crippen molar-refractivity contribution in [3.63, 3.8) is 0 Å². The van der Waals surface area contributed by atoms with Crippen molar-refractivity contribution < 1.29 is 14.3 Å². The Morgan fingerprint density at radius 3 is 2.83 bits per heavy atom. The number of carbonyl (C=O) groups excluding carboxylic acids is 2. The number of rotatable bonds is 8. The van der Waals surface area contributed by atoms with E-state index in [1.54, 1.807) is 26.6 Å². The van der Waals surface area contributed by atoms with Crippen molar-refractivity contribution in [2.24, 2.45) is 4.99 Å². The number of benzene rings is 1. The van der Waals surface area contributed by atoms with Gasteiger partial charge < -0.3 is 15.0 Å². The van der Waals surface area contributed by atoms with Gasteiger partial charge in [0.25, 0.3) is 0 Å². The standard InChI is InChI=1S/C27H30N4O3S/c1-18(20-5-4-6-21(15-20)34-3)13-25(32)30-27-23(16-28-2)22-9-12-31(17-24(22)35-27)26(33)14-19-7-10-29-11-8-19/h4-8,10-11,15-16,18H,9,12-14,17H2,1-3H3,(H,30,32). The molecule has 1 aromatic carbocycles. The summed E-state index contributed by atoms with van der Waals surface area (Å²) in [7, 11) is 3.37. The van der Waals surface area contributed by atoms with Gasteiger partial charge in [-0.25, -0.2) is 0 Å². The van der Waals surface area contributed by atoms with Gasteiger partial charge in [0.1, 0.15) is 10.8 Å². The number of amides is 2. The predicted molar refractivity (Wildman–Crippen MR) is 140 cm³/mol. The van der Waals surface area contributed by atoms with Crippen molar-refractivity contribution in [1.29, 1.82) is 0 Å². The van der Waals surface area contributed by atoms with Gasteiger partial charge in [-0.3, -0.25) is 19.6 Å². The summed E-state index contributed by atoms with van der Waals surface area (Å²) in [6.45, 7) is 3.23. The molecule has 8 heteroatoms. The molecule has 182 valence electrons. The fraction of sp³-hybridized carbons (Fsp3) is 0.333. The summed E-state index contributed by atoms with van der Waals surface area (Å²) in [5, 5.41) is 3.91. The van der Waals surface area contributed by atoms with Crippen LogP contribution >= 0.6 is 11.3 Å². The van der Waals surface area contributed by atoms with E-state index in [1.165, 1.54) is 16.9 Å². The quantitative estimate of drug-likeness (QED) is 0.473. The number of thiophene rings is 1. The van der Waals surface area contributed by atoms with Crippen LogP contribution in [0.3, 0.4) is 0 Å². The Kier molecular flexibility index (Phi) is 7.92. The van der Waals surface area contributed by atoms with E-state index >= 15 is 0 Å². The second-order valence-corrected chi connectivity index (χ2v) is 9.77. The molecular weight excluding hydrogens is 460 g/mol.